The maximum absolute atomic E-state index is 12.5. The summed E-state index contributed by atoms with van der Waals surface area (Å²) in [5.74, 6) is -0.750. The molecule has 0 aliphatic heterocycles. The van der Waals surface area contributed by atoms with E-state index in [1.54, 1.807) is 26.0 Å². The van der Waals surface area contributed by atoms with E-state index < -0.39 is 5.92 Å². The summed E-state index contributed by atoms with van der Waals surface area (Å²) >= 11 is 5.99. The van der Waals surface area contributed by atoms with Crippen molar-refractivity contribution in [2.45, 2.75) is 39.3 Å². The van der Waals surface area contributed by atoms with Gasteiger partial charge < -0.3 is 5.32 Å². The van der Waals surface area contributed by atoms with Crippen LogP contribution in [0.4, 0.5) is 0 Å². The van der Waals surface area contributed by atoms with Crippen molar-refractivity contribution < 1.29 is 9.59 Å². The van der Waals surface area contributed by atoms with E-state index in [0.29, 0.717) is 24.4 Å². The number of halogens is 1. The average Bonchev–Trinajstić information content (AvgIpc) is 2.65. The standard InChI is InChI=1S/C21H24ClNO2/c1-3-18(24)20(19(25)4-2)21(16-10-12-17(22)13-11-16)23-14-15-8-6-5-7-9-15/h5-13,20-21,23H,3-4,14H2,1-2H3. The number of hydrogen-bond acceptors (Lipinski definition) is 3. The summed E-state index contributed by atoms with van der Waals surface area (Å²) in [5.41, 5.74) is 2.00. The SMILES string of the molecule is CCC(=O)C(C(=O)CC)C(NCc1ccccc1)c1ccc(Cl)cc1. The highest BCUT2D eigenvalue weighted by Crippen LogP contribution is 2.27. The quantitative estimate of drug-likeness (QED) is 0.659. The molecule has 0 amide bonds. The van der Waals surface area contributed by atoms with E-state index in [4.69, 9.17) is 11.6 Å². The molecule has 0 aromatic heterocycles. The van der Waals surface area contributed by atoms with Crippen LogP contribution in [0.15, 0.2) is 54.6 Å². The van der Waals surface area contributed by atoms with Crippen LogP contribution >= 0.6 is 11.6 Å². The fourth-order valence-corrected chi connectivity index (χ4v) is 3.04. The molecule has 0 bridgehead atoms. The number of nitrogens with one attached hydrogen (secondary N) is 1. The maximum atomic E-state index is 12.5. The van der Waals surface area contributed by atoms with Crippen molar-refractivity contribution >= 4 is 23.2 Å². The summed E-state index contributed by atoms with van der Waals surface area (Å²) in [4.78, 5) is 25.0. The van der Waals surface area contributed by atoms with Gasteiger partial charge in [-0.15, -0.1) is 0 Å². The Bertz CT molecular complexity index is 682. The first-order valence-corrected chi connectivity index (χ1v) is 9.02. The van der Waals surface area contributed by atoms with Gasteiger partial charge in [-0.1, -0.05) is 67.9 Å². The van der Waals surface area contributed by atoms with E-state index in [0.717, 1.165) is 11.1 Å². The van der Waals surface area contributed by atoms with Crippen molar-refractivity contribution in [1.82, 2.24) is 5.32 Å². The van der Waals surface area contributed by atoms with Gasteiger partial charge in [0.05, 0.1) is 5.92 Å². The van der Waals surface area contributed by atoms with Gasteiger partial charge in [-0.25, -0.2) is 0 Å². The number of hydrogen-bond donors (Lipinski definition) is 1. The second-order valence-corrected chi connectivity index (χ2v) is 6.45. The van der Waals surface area contributed by atoms with Crippen LogP contribution in [-0.2, 0) is 16.1 Å². The third kappa shape index (κ3) is 5.25. The predicted molar refractivity (Wildman–Crippen MR) is 102 cm³/mol. The molecule has 2 rings (SSSR count). The highest BCUT2D eigenvalue weighted by molar-refractivity contribution is 6.30. The zero-order valence-corrected chi connectivity index (χ0v) is 15.4. The molecule has 4 heteroatoms. The fourth-order valence-electron chi connectivity index (χ4n) is 2.91. The lowest BCUT2D eigenvalue weighted by Gasteiger charge is -2.26. The molecule has 2 aromatic carbocycles. The molecule has 2 aromatic rings. The topological polar surface area (TPSA) is 46.2 Å². The van der Waals surface area contributed by atoms with Crippen molar-refractivity contribution in [2.75, 3.05) is 0 Å². The summed E-state index contributed by atoms with van der Waals surface area (Å²) in [6.45, 7) is 4.18. The minimum Gasteiger partial charge on any atom is -0.305 e. The van der Waals surface area contributed by atoms with Crippen LogP contribution in [0.5, 0.6) is 0 Å². The van der Waals surface area contributed by atoms with Gasteiger partial charge in [-0.05, 0) is 23.3 Å². The molecule has 132 valence electrons. The van der Waals surface area contributed by atoms with Crippen LogP contribution in [0, 0.1) is 5.92 Å². The number of benzene rings is 2. The maximum Gasteiger partial charge on any atom is 0.144 e. The van der Waals surface area contributed by atoms with E-state index in [2.05, 4.69) is 5.32 Å². The number of ketones is 2. The largest absolute Gasteiger partial charge is 0.305 e. The summed E-state index contributed by atoms with van der Waals surface area (Å²) < 4.78 is 0. The summed E-state index contributed by atoms with van der Waals surface area (Å²) in [5, 5.41) is 4.05. The Morgan fingerprint density at radius 1 is 0.920 bits per heavy atom. The van der Waals surface area contributed by atoms with Gasteiger partial charge in [0.25, 0.3) is 0 Å². The van der Waals surface area contributed by atoms with Crippen molar-refractivity contribution in [2.24, 2.45) is 5.92 Å². The molecule has 3 nitrogen and oxygen atoms in total. The van der Waals surface area contributed by atoms with Crippen LogP contribution in [0.1, 0.15) is 43.9 Å². The molecular weight excluding hydrogens is 334 g/mol. The Balaban J connectivity index is 2.33. The highest BCUT2D eigenvalue weighted by atomic mass is 35.5. The molecule has 0 aliphatic rings. The molecule has 0 aliphatic carbocycles. The molecule has 0 heterocycles. The van der Waals surface area contributed by atoms with E-state index in [1.165, 1.54) is 0 Å². The average molecular weight is 358 g/mol. The Kier molecular flexibility index (Phi) is 7.35. The zero-order chi connectivity index (χ0) is 18.2. The number of carbonyl (C=O) groups is 2. The first-order chi connectivity index (χ1) is 12.1. The van der Waals surface area contributed by atoms with Gasteiger partial charge in [0.1, 0.15) is 11.6 Å². The normalized spacial score (nSPS) is 12.2. The summed E-state index contributed by atoms with van der Waals surface area (Å²) in [6, 6.07) is 16.9. The van der Waals surface area contributed by atoms with Gasteiger partial charge in [0.15, 0.2) is 0 Å². The molecule has 0 saturated heterocycles. The number of rotatable bonds is 9. The highest BCUT2D eigenvalue weighted by Gasteiger charge is 2.33. The van der Waals surface area contributed by atoms with Crippen molar-refractivity contribution in [3.05, 3.63) is 70.7 Å². The first kappa shape index (κ1) is 19.4. The Hall–Kier alpha value is -1.97. The van der Waals surface area contributed by atoms with Gasteiger partial charge in [0, 0.05) is 30.5 Å². The lowest BCUT2D eigenvalue weighted by molar-refractivity contribution is -0.133. The van der Waals surface area contributed by atoms with E-state index in [-0.39, 0.29) is 17.6 Å². The lowest BCUT2D eigenvalue weighted by atomic mass is 9.84. The van der Waals surface area contributed by atoms with Gasteiger partial charge in [-0.3, -0.25) is 9.59 Å². The molecular formula is C21H24ClNO2. The second-order valence-electron chi connectivity index (χ2n) is 6.01. The third-order valence-corrected chi connectivity index (χ3v) is 4.57. The predicted octanol–water partition coefficient (Wildman–Crippen LogP) is 4.75. The number of carbonyl (C=O) groups excluding carboxylic acids is 2. The molecule has 0 saturated carbocycles. The van der Waals surface area contributed by atoms with Gasteiger partial charge >= 0.3 is 0 Å². The molecule has 1 atom stereocenters. The van der Waals surface area contributed by atoms with Crippen LogP contribution in [-0.4, -0.2) is 11.6 Å². The van der Waals surface area contributed by atoms with E-state index >= 15 is 0 Å². The minimum absolute atomic E-state index is 0.0349. The van der Waals surface area contributed by atoms with Gasteiger partial charge in [-0.2, -0.15) is 0 Å². The first-order valence-electron chi connectivity index (χ1n) is 8.65. The molecule has 25 heavy (non-hydrogen) atoms. The van der Waals surface area contributed by atoms with Crippen LogP contribution in [0.3, 0.4) is 0 Å². The van der Waals surface area contributed by atoms with Gasteiger partial charge in [0.2, 0.25) is 0 Å². The third-order valence-electron chi connectivity index (χ3n) is 4.32. The van der Waals surface area contributed by atoms with Crippen LogP contribution in [0.25, 0.3) is 0 Å². The second kappa shape index (κ2) is 9.50. The molecule has 0 radical (unpaired) electrons. The van der Waals surface area contributed by atoms with Crippen molar-refractivity contribution in [1.29, 1.82) is 0 Å². The van der Waals surface area contributed by atoms with Crippen molar-refractivity contribution in [3.63, 3.8) is 0 Å². The monoisotopic (exact) mass is 357 g/mol. The Morgan fingerprint density at radius 2 is 1.48 bits per heavy atom. The number of Topliss-reactive ketones (excluding diaryl/α,β-unsaturated/α-hetero) is 2. The zero-order valence-electron chi connectivity index (χ0n) is 14.7. The van der Waals surface area contributed by atoms with E-state index in [9.17, 15) is 9.59 Å². The summed E-state index contributed by atoms with van der Waals surface area (Å²) in [6.07, 6.45) is 0.682. The van der Waals surface area contributed by atoms with Crippen molar-refractivity contribution in [3.8, 4) is 0 Å². The van der Waals surface area contributed by atoms with E-state index in [1.807, 2.05) is 42.5 Å². The van der Waals surface area contributed by atoms with Crippen LogP contribution < -0.4 is 5.32 Å². The summed E-state index contributed by atoms with van der Waals surface area (Å²) in [7, 11) is 0. The lowest BCUT2D eigenvalue weighted by Crippen LogP contribution is -2.37. The molecule has 0 fully saturated rings. The fraction of sp³-hybridized carbons (Fsp3) is 0.333. The minimum atomic E-state index is -0.681. The smallest absolute Gasteiger partial charge is 0.144 e. The molecule has 0 spiro atoms. The molecule has 1 unspecified atom stereocenters. The molecule has 1 N–H and O–H groups in total. The Morgan fingerprint density at radius 3 is 2.00 bits per heavy atom. The van der Waals surface area contributed by atoms with Crippen LogP contribution in [0.2, 0.25) is 5.02 Å². The Labute approximate surface area is 154 Å².